The predicted molar refractivity (Wildman–Crippen MR) is 99.9 cm³/mol. The number of nitrogens with one attached hydrogen (secondary N) is 2. The highest BCUT2D eigenvalue weighted by molar-refractivity contribution is 6.31. The molecule has 126 valence electrons. The van der Waals surface area contributed by atoms with Gasteiger partial charge >= 0.3 is 0 Å². The van der Waals surface area contributed by atoms with Crippen molar-refractivity contribution in [1.82, 2.24) is 19.9 Å². The monoisotopic (exact) mass is 352 g/mol. The van der Waals surface area contributed by atoms with Gasteiger partial charge in [-0.3, -0.25) is 4.79 Å². The number of halogens is 1. The van der Waals surface area contributed by atoms with Gasteiger partial charge in [0.15, 0.2) is 0 Å². The van der Waals surface area contributed by atoms with Crippen molar-refractivity contribution in [3.05, 3.63) is 65.1 Å². The molecule has 2 heterocycles. The van der Waals surface area contributed by atoms with Crippen molar-refractivity contribution in [1.29, 1.82) is 0 Å². The van der Waals surface area contributed by atoms with Crippen LogP contribution in [0.2, 0.25) is 5.02 Å². The van der Waals surface area contributed by atoms with E-state index in [0.717, 1.165) is 34.3 Å². The molecule has 0 spiro atoms. The maximum atomic E-state index is 12.5. The molecule has 6 heteroatoms. The molecule has 25 heavy (non-hydrogen) atoms. The van der Waals surface area contributed by atoms with Crippen LogP contribution in [-0.4, -0.2) is 20.4 Å². The number of hydrogen-bond donors (Lipinski definition) is 2. The van der Waals surface area contributed by atoms with E-state index in [0.29, 0.717) is 17.3 Å². The number of para-hydroxylation sites is 2. The molecule has 0 aliphatic carbocycles. The number of imidazole rings is 1. The summed E-state index contributed by atoms with van der Waals surface area (Å²) in [5.74, 6) is 0.679. The zero-order chi connectivity index (χ0) is 17.4. The van der Waals surface area contributed by atoms with Crippen molar-refractivity contribution in [3.63, 3.8) is 0 Å². The third kappa shape index (κ3) is 2.87. The van der Waals surface area contributed by atoms with Gasteiger partial charge in [0.1, 0.15) is 11.5 Å². The Labute approximate surface area is 149 Å². The Morgan fingerprint density at radius 1 is 1.24 bits per heavy atom. The SMILES string of the molecule is CCn1c(CNC(=O)c2cc3cc(Cl)ccc3[nH]2)nc2ccccc21. The molecule has 2 aromatic carbocycles. The van der Waals surface area contributed by atoms with Crippen molar-refractivity contribution in [2.45, 2.75) is 20.0 Å². The van der Waals surface area contributed by atoms with Crippen LogP contribution in [0.15, 0.2) is 48.5 Å². The molecule has 0 radical (unpaired) electrons. The van der Waals surface area contributed by atoms with E-state index in [9.17, 15) is 4.79 Å². The molecule has 4 rings (SSSR count). The molecular formula is C19H17ClN4O. The molecule has 0 aliphatic heterocycles. The van der Waals surface area contributed by atoms with Crippen LogP contribution in [0, 0.1) is 0 Å². The summed E-state index contributed by atoms with van der Waals surface area (Å²) in [4.78, 5) is 20.2. The average Bonchev–Trinajstić information content (AvgIpc) is 3.19. The number of nitrogens with zero attached hydrogens (tertiary/aromatic N) is 2. The number of benzene rings is 2. The van der Waals surface area contributed by atoms with Crippen molar-refractivity contribution in [2.75, 3.05) is 0 Å². The van der Waals surface area contributed by atoms with Crippen LogP contribution in [0.4, 0.5) is 0 Å². The molecule has 0 aliphatic rings. The van der Waals surface area contributed by atoms with Gasteiger partial charge in [0.2, 0.25) is 0 Å². The molecule has 5 nitrogen and oxygen atoms in total. The quantitative estimate of drug-likeness (QED) is 0.580. The number of aromatic amines is 1. The summed E-state index contributed by atoms with van der Waals surface area (Å²) in [5.41, 5.74) is 3.41. The largest absolute Gasteiger partial charge is 0.351 e. The van der Waals surface area contributed by atoms with E-state index >= 15 is 0 Å². The Morgan fingerprint density at radius 3 is 2.92 bits per heavy atom. The van der Waals surface area contributed by atoms with E-state index in [2.05, 4.69) is 26.8 Å². The van der Waals surface area contributed by atoms with Crippen LogP contribution in [0.3, 0.4) is 0 Å². The van der Waals surface area contributed by atoms with Crippen LogP contribution < -0.4 is 5.32 Å². The summed E-state index contributed by atoms with van der Waals surface area (Å²) in [6, 6.07) is 15.3. The number of aromatic nitrogens is 3. The van der Waals surface area contributed by atoms with Crippen LogP contribution in [0.1, 0.15) is 23.2 Å². The van der Waals surface area contributed by atoms with E-state index in [1.165, 1.54) is 0 Å². The Morgan fingerprint density at radius 2 is 2.08 bits per heavy atom. The van der Waals surface area contributed by atoms with Crippen LogP contribution in [-0.2, 0) is 13.1 Å². The van der Waals surface area contributed by atoms with Gasteiger partial charge in [-0.15, -0.1) is 0 Å². The first-order valence-electron chi connectivity index (χ1n) is 8.16. The topological polar surface area (TPSA) is 62.7 Å². The molecule has 4 aromatic rings. The molecule has 0 bridgehead atoms. The molecule has 0 fully saturated rings. The lowest BCUT2D eigenvalue weighted by Gasteiger charge is -2.07. The van der Waals surface area contributed by atoms with Gasteiger partial charge in [-0.05, 0) is 43.3 Å². The van der Waals surface area contributed by atoms with Gasteiger partial charge < -0.3 is 14.9 Å². The summed E-state index contributed by atoms with van der Waals surface area (Å²) < 4.78 is 2.11. The number of carbonyl (C=O) groups is 1. The van der Waals surface area contributed by atoms with Crippen LogP contribution in [0.5, 0.6) is 0 Å². The summed E-state index contributed by atoms with van der Waals surface area (Å²) >= 11 is 6.00. The Hall–Kier alpha value is -2.79. The maximum Gasteiger partial charge on any atom is 0.268 e. The number of carbonyl (C=O) groups excluding carboxylic acids is 1. The van der Waals surface area contributed by atoms with Crippen molar-refractivity contribution in [2.24, 2.45) is 0 Å². The van der Waals surface area contributed by atoms with E-state index < -0.39 is 0 Å². The molecular weight excluding hydrogens is 336 g/mol. The summed E-state index contributed by atoms with van der Waals surface area (Å²) in [7, 11) is 0. The minimum absolute atomic E-state index is 0.165. The van der Waals surface area contributed by atoms with Crippen molar-refractivity contribution < 1.29 is 4.79 Å². The first-order chi connectivity index (χ1) is 12.2. The van der Waals surface area contributed by atoms with Gasteiger partial charge in [0.05, 0.1) is 17.6 Å². The predicted octanol–water partition coefficient (Wildman–Crippen LogP) is 4.12. The summed E-state index contributed by atoms with van der Waals surface area (Å²) in [6.07, 6.45) is 0. The summed E-state index contributed by atoms with van der Waals surface area (Å²) in [5, 5.41) is 4.50. The minimum atomic E-state index is -0.165. The number of H-pyrrole nitrogens is 1. The Kier molecular flexibility index (Phi) is 3.93. The van der Waals surface area contributed by atoms with Gasteiger partial charge in [-0.25, -0.2) is 4.98 Å². The molecule has 0 atom stereocenters. The number of hydrogen-bond acceptors (Lipinski definition) is 2. The second kappa shape index (κ2) is 6.26. The van der Waals surface area contributed by atoms with E-state index in [4.69, 9.17) is 11.6 Å². The highest BCUT2D eigenvalue weighted by Crippen LogP contribution is 2.20. The lowest BCUT2D eigenvalue weighted by Crippen LogP contribution is -2.25. The first kappa shape index (κ1) is 15.7. The average molecular weight is 353 g/mol. The fraction of sp³-hybridized carbons (Fsp3) is 0.158. The fourth-order valence-corrected chi connectivity index (χ4v) is 3.27. The zero-order valence-electron chi connectivity index (χ0n) is 13.7. The van der Waals surface area contributed by atoms with E-state index in [1.54, 1.807) is 12.1 Å². The summed E-state index contributed by atoms with van der Waals surface area (Å²) in [6.45, 7) is 3.24. The van der Waals surface area contributed by atoms with Gasteiger partial charge in [-0.2, -0.15) is 0 Å². The fourth-order valence-electron chi connectivity index (χ4n) is 3.09. The normalized spacial score (nSPS) is 11.3. The van der Waals surface area contributed by atoms with Gasteiger partial charge in [0.25, 0.3) is 5.91 Å². The molecule has 0 saturated heterocycles. The van der Waals surface area contributed by atoms with Crippen molar-refractivity contribution >= 4 is 39.4 Å². The smallest absolute Gasteiger partial charge is 0.268 e. The number of aryl methyl sites for hydroxylation is 1. The second-order valence-corrected chi connectivity index (χ2v) is 6.29. The number of amides is 1. The lowest BCUT2D eigenvalue weighted by molar-refractivity contribution is 0.0945. The molecule has 0 unspecified atom stereocenters. The lowest BCUT2D eigenvalue weighted by atomic mass is 10.2. The Balaban J connectivity index is 1.57. The highest BCUT2D eigenvalue weighted by atomic mass is 35.5. The molecule has 0 saturated carbocycles. The van der Waals surface area contributed by atoms with Gasteiger partial charge in [0, 0.05) is 22.5 Å². The minimum Gasteiger partial charge on any atom is -0.351 e. The third-order valence-corrected chi connectivity index (χ3v) is 4.52. The molecule has 2 N–H and O–H groups in total. The molecule has 1 amide bonds. The second-order valence-electron chi connectivity index (χ2n) is 5.86. The highest BCUT2D eigenvalue weighted by Gasteiger charge is 2.13. The van der Waals surface area contributed by atoms with Crippen LogP contribution in [0.25, 0.3) is 21.9 Å². The number of fused-ring (bicyclic) bond motifs is 2. The third-order valence-electron chi connectivity index (χ3n) is 4.28. The van der Waals surface area contributed by atoms with Gasteiger partial charge in [-0.1, -0.05) is 23.7 Å². The van der Waals surface area contributed by atoms with Crippen LogP contribution >= 0.6 is 11.6 Å². The van der Waals surface area contributed by atoms with Crippen molar-refractivity contribution in [3.8, 4) is 0 Å². The maximum absolute atomic E-state index is 12.5. The van der Waals surface area contributed by atoms with E-state index in [1.807, 2.05) is 36.4 Å². The zero-order valence-corrected chi connectivity index (χ0v) is 14.5. The number of rotatable bonds is 4. The Bertz CT molecular complexity index is 1080. The molecule has 2 aromatic heterocycles. The van der Waals surface area contributed by atoms with E-state index in [-0.39, 0.29) is 5.91 Å². The standard InChI is InChI=1S/C19H17ClN4O/c1-2-24-17-6-4-3-5-15(17)23-18(24)11-21-19(25)16-10-12-9-13(20)7-8-14(12)22-16/h3-10,22H,2,11H2,1H3,(H,21,25). The first-order valence-corrected chi connectivity index (χ1v) is 8.54.